The first kappa shape index (κ1) is 11.4. The fourth-order valence-electron chi connectivity index (χ4n) is 2.78. The molecule has 0 aromatic carbocycles. The molecule has 0 amide bonds. The summed E-state index contributed by atoms with van der Waals surface area (Å²) in [5.41, 5.74) is 2.51. The van der Waals surface area contributed by atoms with Crippen LogP contribution in [0.5, 0.6) is 0 Å². The number of fused-ring (bicyclic) bond motifs is 2. The molecule has 96 valence electrons. The molecule has 3 nitrogen and oxygen atoms in total. The summed E-state index contributed by atoms with van der Waals surface area (Å²) in [7, 11) is 0. The smallest absolute Gasteiger partial charge is 0.150 e. The van der Waals surface area contributed by atoms with E-state index in [2.05, 4.69) is 44.7 Å². The molecule has 0 N–H and O–H groups in total. The van der Waals surface area contributed by atoms with Gasteiger partial charge in [0.15, 0.2) is 5.82 Å². The Balaban J connectivity index is 1.83. The van der Waals surface area contributed by atoms with Gasteiger partial charge < -0.3 is 4.90 Å². The average Bonchev–Trinajstić information content (AvgIpc) is 3.07. The molecule has 0 aliphatic carbocycles. The first-order valence-corrected chi connectivity index (χ1v) is 8.11. The van der Waals surface area contributed by atoms with Gasteiger partial charge in [0.2, 0.25) is 0 Å². The van der Waals surface area contributed by atoms with E-state index >= 15 is 0 Å². The first-order valence-electron chi connectivity index (χ1n) is 6.35. The Morgan fingerprint density at radius 2 is 2.11 bits per heavy atom. The van der Waals surface area contributed by atoms with Gasteiger partial charge in [0.25, 0.3) is 0 Å². The lowest BCUT2D eigenvalue weighted by Crippen LogP contribution is -2.33. The molecule has 0 radical (unpaired) electrons. The van der Waals surface area contributed by atoms with E-state index in [4.69, 9.17) is 0 Å². The minimum absolute atomic E-state index is 0.398. The summed E-state index contributed by atoms with van der Waals surface area (Å²) in [6, 6.07) is 4.72. The molecule has 4 heterocycles. The van der Waals surface area contributed by atoms with Crippen molar-refractivity contribution >= 4 is 38.7 Å². The van der Waals surface area contributed by atoms with Crippen LogP contribution in [0.3, 0.4) is 0 Å². The summed E-state index contributed by atoms with van der Waals surface area (Å²) in [5, 5.41) is 4.29. The maximum absolute atomic E-state index is 4.54. The van der Waals surface area contributed by atoms with E-state index < -0.39 is 0 Å². The van der Waals surface area contributed by atoms with Gasteiger partial charge in [-0.05, 0) is 41.8 Å². The number of rotatable bonds is 1. The van der Waals surface area contributed by atoms with Crippen LogP contribution in [-0.4, -0.2) is 16.5 Å². The summed E-state index contributed by atoms with van der Waals surface area (Å²) in [6.45, 7) is 3.31. The van der Waals surface area contributed by atoms with Gasteiger partial charge in [-0.2, -0.15) is 0 Å². The number of aromatic nitrogens is 2. The van der Waals surface area contributed by atoms with Crippen molar-refractivity contribution in [1.82, 2.24) is 9.97 Å². The molecule has 1 atom stereocenters. The quantitative estimate of drug-likeness (QED) is 0.680. The molecule has 0 saturated heterocycles. The van der Waals surface area contributed by atoms with Gasteiger partial charge >= 0.3 is 0 Å². The van der Waals surface area contributed by atoms with Crippen LogP contribution in [0, 0.1) is 0 Å². The summed E-state index contributed by atoms with van der Waals surface area (Å²) in [6.07, 6.45) is 2.80. The summed E-state index contributed by atoms with van der Waals surface area (Å²) in [4.78, 5) is 12.8. The third-order valence-electron chi connectivity index (χ3n) is 3.77. The maximum Gasteiger partial charge on any atom is 0.150 e. The van der Waals surface area contributed by atoms with Gasteiger partial charge in [0.1, 0.15) is 6.33 Å². The van der Waals surface area contributed by atoms with Crippen LogP contribution >= 0.6 is 22.7 Å². The molecule has 0 bridgehead atoms. The molecule has 0 unspecified atom stereocenters. The predicted molar refractivity (Wildman–Crippen MR) is 81.2 cm³/mol. The van der Waals surface area contributed by atoms with Gasteiger partial charge in [-0.3, -0.25) is 0 Å². The van der Waals surface area contributed by atoms with Gasteiger partial charge in [0, 0.05) is 11.4 Å². The van der Waals surface area contributed by atoms with Crippen molar-refractivity contribution in [3.63, 3.8) is 0 Å². The Bertz CT molecular complexity index is 731. The lowest BCUT2D eigenvalue weighted by atomic mass is 10.0. The van der Waals surface area contributed by atoms with Crippen LogP contribution in [0.4, 0.5) is 5.82 Å². The SMILES string of the molecule is C[C@@H]1c2ccsc2CCN1c1ncnc2ccsc12. The molecule has 19 heavy (non-hydrogen) atoms. The molecule has 0 spiro atoms. The molecule has 5 heteroatoms. The van der Waals surface area contributed by atoms with Crippen molar-refractivity contribution < 1.29 is 0 Å². The lowest BCUT2D eigenvalue weighted by Gasteiger charge is -2.34. The van der Waals surface area contributed by atoms with Crippen LogP contribution in [0.15, 0.2) is 29.2 Å². The number of nitrogens with zero attached hydrogens (tertiary/aromatic N) is 3. The van der Waals surface area contributed by atoms with E-state index in [1.165, 1.54) is 15.1 Å². The van der Waals surface area contributed by atoms with Crippen molar-refractivity contribution in [3.05, 3.63) is 39.7 Å². The maximum atomic E-state index is 4.54. The van der Waals surface area contributed by atoms with Gasteiger partial charge in [-0.1, -0.05) is 0 Å². The third kappa shape index (κ3) is 1.69. The fraction of sp³-hybridized carbons (Fsp3) is 0.286. The van der Waals surface area contributed by atoms with Crippen molar-refractivity contribution in [2.24, 2.45) is 0 Å². The van der Waals surface area contributed by atoms with Crippen molar-refractivity contribution in [1.29, 1.82) is 0 Å². The molecule has 0 saturated carbocycles. The lowest BCUT2D eigenvalue weighted by molar-refractivity contribution is 0.627. The second kappa shape index (κ2) is 4.28. The zero-order valence-corrected chi connectivity index (χ0v) is 12.2. The second-order valence-electron chi connectivity index (χ2n) is 4.75. The Kier molecular flexibility index (Phi) is 2.56. The van der Waals surface area contributed by atoms with Gasteiger partial charge in [-0.25, -0.2) is 9.97 Å². The van der Waals surface area contributed by atoms with Crippen LogP contribution in [-0.2, 0) is 6.42 Å². The molecular weight excluding hydrogens is 274 g/mol. The summed E-state index contributed by atoms with van der Waals surface area (Å²) < 4.78 is 1.20. The second-order valence-corrected chi connectivity index (χ2v) is 6.67. The molecule has 0 fully saturated rings. The number of hydrogen-bond donors (Lipinski definition) is 0. The van der Waals surface area contributed by atoms with Gasteiger partial charge in [0.05, 0.1) is 16.3 Å². The van der Waals surface area contributed by atoms with Crippen LogP contribution in [0.1, 0.15) is 23.4 Å². The van der Waals surface area contributed by atoms with Crippen molar-refractivity contribution in [2.75, 3.05) is 11.4 Å². The summed E-state index contributed by atoms with van der Waals surface area (Å²) in [5.74, 6) is 1.09. The minimum atomic E-state index is 0.398. The Labute approximate surface area is 119 Å². The molecule has 1 aliphatic rings. The Morgan fingerprint density at radius 1 is 1.21 bits per heavy atom. The van der Waals surface area contributed by atoms with Crippen molar-refractivity contribution in [2.45, 2.75) is 19.4 Å². The number of anilines is 1. The highest BCUT2D eigenvalue weighted by atomic mass is 32.1. The molecular formula is C14H13N3S2. The van der Waals surface area contributed by atoms with Crippen LogP contribution in [0.25, 0.3) is 10.2 Å². The van der Waals surface area contributed by atoms with Crippen molar-refractivity contribution in [3.8, 4) is 0 Å². The minimum Gasteiger partial charge on any atom is -0.348 e. The standard InChI is InChI=1S/C14H13N3S2/c1-9-10-3-6-18-12(10)2-5-17(9)14-13-11(4-7-19-13)15-8-16-14/h3-4,6-9H,2,5H2,1H3/t9-/m1/s1. The Morgan fingerprint density at radius 3 is 3.05 bits per heavy atom. The zero-order valence-electron chi connectivity index (χ0n) is 10.5. The molecule has 4 rings (SSSR count). The zero-order chi connectivity index (χ0) is 12.8. The summed E-state index contributed by atoms with van der Waals surface area (Å²) >= 11 is 3.60. The van der Waals surface area contributed by atoms with E-state index in [1.807, 2.05) is 11.3 Å². The highest BCUT2D eigenvalue weighted by Gasteiger charge is 2.27. The topological polar surface area (TPSA) is 29.0 Å². The van der Waals surface area contributed by atoms with Crippen LogP contribution in [0.2, 0.25) is 0 Å². The van der Waals surface area contributed by atoms with E-state index in [0.717, 1.165) is 24.3 Å². The van der Waals surface area contributed by atoms with E-state index in [-0.39, 0.29) is 0 Å². The highest BCUT2D eigenvalue weighted by Crippen LogP contribution is 2.38. The number of thiophene rings is 2. The van der Waals surface area contributed by atoms with Gasteiger partial charge in [-0.15, -0.1) is 22.7 Å². The highest BCUT2D eigenvalue weighted by molar-refractivity contribution is 7.17. The predicted octanol–water partition coefficient (Wildman–Crippen LogP) is 3.88. The Hall–Kier alpha value is -1.46. The fourth-order valence-corrected chi connectivity index (χ4v) is 4.59. The van der Waals surface area contributed by atoms with Crippen LogP contribution < -0.4 is 4.90 Å². The molecule has 3 aromatic heterocycles. The van der Waals surface area contributed by atoms with E-state index in [1.54, 1.807) is 17.7 Å². The van der Waals surface area contributed by atoms with E-state index in [0.29, 0.717) is 6.04 Å². The monoisotopic (exact) mass is 287 g/mol. The first-order chi connectivity index (χ1) is 9.34. The molecule has 1 aliphatic heterocycles. The number of hydrogen-bond acceptors (Lipinski definition) is 5. The third-order valence-corrected chi connectivity index (χ3v) is 5.67. The van der Waals surface area contributed by atoms with E-state index in [9.17, 15) is 0 Å². The largest absolute Gasteiger partial charge is 0.348 e. The molecule has 3 aromatic rings. The normalized spacial score (nSPS) is 18.8. The average molecular weight is 287 g/mol.